The van der Waals surface area contributed by atoms with Crippen molar-refractivity contribution >= 4 is 22.6 Å². The summed E-state index contributed by atoms with van der Waals surface area (Å²) in [4.78, 5) is 24.7. The van der Waals surface area contributed by atoms with Crippen molar-refractivity contribution in [3.63, 3.8) is 0 Å². The van der Waals surface area contributed by atoms with Gasteiger partial charge < -0.3 is 15.4 Å². The Bertz CT molecular complexity index is 984. The second-order valence-electron chi connectivity index (χ2n) is 6.51. The molecule has 2 amide bonds. The third-order valence-electron chi connectivity index (χ3n) is 4.49. The van der Waals surface area contributed by atoms with E-state index in [4.69, 9.17) is 4.74 Å². The number of fused-ring (bicyclic) bond motifs is 1. The Morgan fingerprint density at radius 1 is 0.964 bits per heavy atom. The molecule has 0 aliphatic carbocycles. The first kappa shape index (κ1) is 19.4. The number of benzene rings is 3. The van der Waals surface area contributed by atoms with Crippen molar-refractivity contribution < 1.29 is 14.3 Å². The summed E-state index contributed by atoms with van der Waals surface area (Å²) in [6.07, 6.45) is 0. The van der Waals surface area contributed by atoms with Gasteiger partial charge in [-0.05, 0) is 48.4 Å². The molecule has 0 radical (unpaired) electrons. The Hall–Kier alpha value is -3.34. The normalized spacial score (nSPS) is 11.6. The van der Waals surface area contributed by atoms with E-state index >= 15 is 0 Å². The summed E-state index contributed by atoms with van der Waals surface area (Å²) in [7, 11) is 0. The van der Waals surface area contributed by atoms with Gasteiger partial charge in [0.05, 0.1) is 24.8 Å². The highest BCUT2D eigenvalue weighted by atomic mass is 16.5. The lowest BCUT2D eigenvalue weighted by molar-refractivity contribution is -0.120. The highest BCUT2D eigenvalue weighted by molar-refractivity contribution is 5.98. The van der Waals surface area contributed by atoms with Crippen molar-refractivity contribution in [1.82, 2.24) is 10.6 Å². The van der Waals surface area contributed by atoms with Crippen LogP contribution in [0.5, 0.6) is 5.75 Å². The highest BCUT2D eigenvalue weighted by Gasteiger charge is 2.14. The van der Waals surface area contributed by atoms with Crippen LogP contribution in [0.25, 0.3) is 10.8 Å². The number of amides is 2. The van der Waals surface area contributed by atoms with Crippen LogP contribution in [0.3, 0.4) is 0 Å². The largest absolute Gasteiger partial charge is 0.493 e. The number of carbonyl (C=O) groups is 2. The lowest BCUT2D eigenvalue weighted by atomic mass is 10.0. The molecule has 2 N–H and O–H groups in total. The van der Waals surface area contributed by atoms with E-state index in [1.807, 2.05) is 44.2 Å². The van der Waals surface area contributed by atoms with Gasteiger partial charge in [-0.2, -0.15) is 0 Å². The Balaban J connectivity index is 1.58. The second-order valence-corrected chi connectivity index (χ2v) is 6.51. The molecule has 144 valence electrons. The molecule has 1 atom stereocenters. The Morgan fingerprint density at radius 3 is 2.46 bits per heavy atom. The predicted octanol–water partition coefficient (Wildman–Crippen LogP) is 3.85. The van der Waals surface area contributed by atoms with E-state index in [0.29, 0.717) is 17.9 Å². The molecule has 0 saturated carbocycles. The molecule has 5 heteroatoms. The standard InChI is InChI=1S/C23H24N2O3/c1-3-28-21-11-7-6-10-20(21)23(27)24-15-22(26)25-16(2)18-13-12-17-8-4-5-9-19(17)14-18/h4-14,16H,3,15H2,1-2H3,(H,24,27)(H,25,26)/t16-/m1/s1. The fraction of sp³-hybridized carbons (Fsp3) is 0.217. The first-order chi connectivity index (χ1) is 13.6. The topological polar surface area (TPSA) is 67.4 Å². The van der Waals surface area contributed by atoms with Crippen LogP contribution in [0, 0.1) is 0 Å². The Morgan fingerprint density at radius 2 is 1.68 bits per heavy atom. The molecular weight excluding hydrogens is 352 g/mol. The molecule has 0 heterocycles. The molecule has 0 aliphatic heterocycles. The third-order valence-corrected chi connectivity index (χ3v) is 4.49. The van der Waals surface area contributed by atoms with E-state index < -0.39 is 0 Å². The molecule has 0 aliphatic rings. The predicted molar refractivity (Wildman–Crippen MR) is 110 cm³/mol. The quantitative estimate of drug-likeness (QED) is 0.658. The number of para-hydroxylation sites is 1. The molecular formula is C23H24N2O3. The summed E-state index contributed by atoms with van der Waals surface area (Å²) in [5, 5.41) is 7.86. The Kier molecular flexibility index (Phi) is 6.27. The zero-order chi connectivity index (χ0) is 19.9. The van der Waals surface area contributed by atoms with Crippen LogP contribution >= 0.6 is 0 Å². The molecule has 0 fully saturated rings. The zero-order valence-corrected chi connectivity index (χ0v) is 16.1. The lowest BCUT2D eigenvalue weighted by Crippen LogP contribution is -2.38. The zero-order valence-electron chi connectivity index (χ0n) is 16.1. The van der Waals surface area contributed by atoms with Crippen LogP contribution in [0.15, 0.2) is 66.7 Å². The Labute approximate surface area is 164 Å². The molecule has 3 aromatic rings. The van der Waals surface area contributed by atoms with Gasteiger partial charge in [0.2, 0.25) is 5.91 Å². The van der Waals surface area contributed by atoms with E-state index in [1.54, 1.807) is 24.3 Å². The third kappa shape index (κ3) is 4.68. The summed E-state index contributed by atoms with van der Waals surface area (Å²) in [5.74, 6) is -0.0760. The molecule has 0 saturated heterocycles. The first-order valence-corrected chi connectivity index (χ1v) is 9.36. The van der Waals surface area contributed by atoms with Gasteiger partial charge in [-0.15, -0.1) is 0 Å². The van der Waals surface area contributed by atoms with Crippen LogP contribution in [-0.4, -0.2) is 25.0 Å². The minimum Gasteiger partial charge on any atom is -0.493 e. The SMILES string of the molecule is CCOc1ccccc1C(=O)NCC(=O)N[C@H](C)c1ccc2ccccc2c1. The fourth-order valence-electron chi connectivity index (χ4n) is 3.04. The van der Waals surface area contributed by atoms with Crippen LogP contribution < -0.4 is 15.4 Å². The summed E-state index contributed by atoms with van der Waals surface area (Å²) in [6.45, 7) is 4.15. The summed E-state index contributed by atoms with van der Waals surface area (Å²) < 4.78 is 5.46. The molecule has 5 nitrogen and oxygen atoms in total. The van der Waals surface area contributed by atoms with Gasteiger partial charge in [-0.3, -0.25) is 9.59 Å². The lowest BCUT2D eigenvalue weighted by Gasteiger charge is -2.16. The molecule has 0 spiro atoms. The van der Waals surface area contributed by atoms with Crippen molar-refractivity contribution in [2.75, 3.05) is 13.2 Å². The van der Waals surface area contributed by atoms with Crippen LogP contribution in [0.4, 0.5) is 0 Å². The average molecular weight is 376 g/mol. The monoisotopic (exact) mass is 376 g/mol. The number of hydrogen-bond donors (Lipinski definition) is 2. The number of rotatable bonds is 7. The summed E-state index contributed by atoms with van der Waals surface area (Å²) in [6, 6.07) is 21.0. The molecule has 3 aromatic carbocycles. The van der Waals surface area contributed by atoms with Crippen molar-refractivity contribution in [2.24, 2.45) is 0 Å². The van der Waals surface area contributed by atoms with Gasteiger partial charge in [0, 0.05) is 0 Å². The molecule has 0 bridgehead atoms. The average Bonchev–Trinajstić information content (AvgIpc) is 2.72. The number of carbonyl (C=O) groups excluding carboxylic acids is 2. The highest BCUT2D eigenvalue weighted by Crippen LogP contribution is 2.20. The van der Waals surface area contributed by atoms with Crippen molar-refractivity contribution in [3.05, 3.63) is 77.9 Å². The minimum atomic E-state index is -0.336. The number of hydrogen-bond acceptors (Lipinski definition) is 3. The van der Waals surface area contributed by atoms with Crippen LogP contribution in [-0.2, 0) is 4.79 Å². The van der Waals surface area contributed by atoms with Crippen LogP contribution in [0.2, 0.25) is 0 Å². The van der Waals surface area contributed by atoms with E-state index in [1.165, 1.54) is 0 Å². The van der Waals surface area contributed by atoms with Gasteiger partial charge >= 0.3 is 0 Å². The van der Waals surface area contributed by atoms with E-state index in [9.17, 15) is 9.59 Å². The molecule has 0 aromatic heterocycles. The van der Waals surface area contributed by atoms with Gasteiger partial charge in [0.15, 0.2) is 0 Å². The summed E-state index contributed by atoms with van der Waals surface area (Å²) in [5.41, 5.74) is 1.43. The van der Waals surface area contributed by atoms with Crippen molar-refractivity contribution in [2.45, 2.75) is 19.9 Å². The maximum Gasteiger partial charge on any atom is 0.255 e. The maximum absolute atomic E-state index is 12.4. The molecule has 28 heavy (non-hydrogen) atoms. The smallest absolute Gasteiger partial charge is 0.255 e. The van der Waals surface area contributed by atoms with Crippen molar-refractivity contribution in [1.29, 1.82) is 0 Å². The number of ether oxygens (including phenoxy) is 1. The van der Waals surface area contributed by atoms with Crippen molar-refractivity contribution in [3.8, 4) is 5.75 Å². The van der Waals surface area contributed by atoms with Crippen LogP contribution in [0.1, 0.15) is 35.8 Å². The van der Waals surface area contributed by atoms with E-state index in [-0.39, 0.29) is 24.4 Å². The maximum atomic E-state index is 12.4. The second kappa shape index (κ2) is 9.04. The van der Waals surface area contributed by atoms with E-state index in [0.717, 1.165) is 16.3 Å². The molecule has 3 rings (SSSR count). The first-order valence-electron chi connectivity index (χ1n) is 9.36. The molecule has 0 unspecified atom stereocenters. The minimum absolute atomic E-state index is 0.1000. The fourth-order valence-corrected chi connectivity index (χ4v) is 3.04. The van der Waals surface area contributed by atoms with E-state index in [2.05, 4.69) is 22.8 Å². The van der Waals surface area contributed by atoms with Gasteiger partial charge in [-0.1, -0.05) is 48.5 Å². The summed E-state index contributed by atoms with van der Waals surface area (Å²) >= 11 is 0. The van der Waals surface area contributed by atoms with Gasteiger partial charge in [-0.25, -0.2) is 0 Å². The van der Waals surface area contributed by atoms with Gasteiger partial charge in [0.25, 0.3) is 5.91 Å². The number of nitrogens with one attached hydrogen (secondary N) is 2. The van der Waals surface area contributed by atoms with Gasteiger partial charge in [0.1, 0.15) is 5.75 Å².